The van der Waals surface area contributed by atoms with Crippen LogP contribution in [0.2, 0.25) is 0 Å². The van der Waals surface area contributed by atoms with Gasteiger partial charge in [0.25, 0.3) is 5.91 Å². The lowest BCUT2D eigenvalue weighted by Crippen LogP contribution is -2.49. The minimum Gasteiger partial charge on any atom is -0.457 e. The van der Waals surface area contributed by atoms with E-state index in [4.69, 9.17) is 23.7 Å². The summed E-state index contributed by atoms with van der Waals surface area (Å²) in [4.78, 5) is 69.4. The molecule has 1 fully saturated rings. The maximum atomic E-state index is 14.1. The molecule has 0 radical (unpaired) electrons. The number of esters is 1. The molecule has 0 unspecified atom stereocenters. The first-order valence-electron chi connectivity index (χ1n) is 13.8. The normalized spacial score (nSPS) is 16.9. The van der Waals surface area contributed by atoms with Crippen LogP contribution in [-0.4, -0.2) is 70.5 Å². The second kappa shape index (κ2) is 13.6. The van der Waals surface area contributed by atoms with E-state index in [9.17, 15) is 32.8 Å². The van der Waals surface area contributed by atoms with Gasteiger partial charge in [-0.25, -0.2) is 18.4 Å². The summed E-state index contributed by atoms with van der Waals surface area (Å²) in [7, 11) is 0. The lowest BCUT2D eigenvalue weighted by Gasteiger charge is -2.34. The summed E-state index contributed by atoms with van der Waals surface area (Å²) in [5.41, 5.74) is -0.950. The van der Waals surface area contributed by atoms with Gasteiger partial charge in [0.15, 0.2) is 24.3 Å². The number of hydrogen-bond acceptors (Lipinski definition) is 11. The Bertz CT molecular complexity index is 1680. The molecule has 236 valence electrons. The summed E-state index contributed by atoms with van der Waals surface area (Å²) in [6.07, 6.45) is 0.299. The largest absolute Gasteiger partial charge is 0.511 e. The van der Waals surface area contributed by atoms with Gasteiger partial charge in [-0.2, -0.15) is 0 Å². The maximum Gasteiger partial charge on any atom is 0.511 e. The van der Waals surface area contributed by atoms with Crippen LogP contribution in [-0.2, 0) is 43.3 Å². The zero-order valence-corrected chi connectivity index (χ0v) is 23.9. The molecule has 1 saturated heterocycles. The molecule has 0 aliphatic carbocycles. The molecule has 0 bridgehead atoms. The Hall–Kier alpha value is -5.18. The zero-order valence-electron chi connectivity index (χ0n) is 23.9. The summed E-state index contributed by atoms with van der Waals surface area (Å²) >= 11 is 0. The van der Waals surface area contributed by atoms with Crippen molar-refractivity contribution >= 4 is 23.8 Å². The minimum absolute atomic E-state index is 0.0679. The van der Waals surface area contributed by atoms with E-state index in [1.54, 1.807) is 25.1 Å². The topological polar surface area (TPSA) is 153 Å². The number of halogens is 2. The van der Waals surface area contributed by atoms with Crippen molar-refractivity contribution in [2.45, 2.75) is 45.2 Å². The van der Waals surface area contributed by atoms with Crippen LogP contribution in [0.4, 0.5) is 13.6 Å². The molecule has 2 aliphatic heterocycles. The van der Waals surface area contributed by atoms with Crippen LogP contribution in [0.5, 0.6) is 5.75 Å². The van der Waals surface area contributed by atoms with Crippen molar-refractivity contribution in [3.05, 3.63) is 93.2 Å². The second-order valence-electron chi connectivity index (χ2n) is 10.1. The van der Waals surface area contributed by atoms with Gasteiger partial charge in [-0.1, -0.05) is 12.1 Å². The van der Waals surface area contributed by atoms with Gasteiger partial charge in [-0.15, -0.1) is 0 Å². The van der Waals surface area contributed by atoms with Gasteiger partial charge in [-0.05, 0) is 37.1 Å². The summed E-state index contributed by atoms with van der Waals surface area (Å²) < 4.78 is 54.3. The highest BCUT2D eigenvalue weighted by atomic mass is 19.1. The molecule has 1 amide bonds. The number of carbonyl (C=O) groups is 4. The van der Waals surface area contributed by atoms with Crippen molar-refractivity contribution < 1.29 is 51.6 Å². The molecule has 5 rings (SSSR count). The number of ether oxygens (including phenoxy) is 5. The minimum atomic E-state index is -1.33. The van der Waals surface area contributed by atoms with Crippen LogP contribution < -0.4 is 10.2 Å². The number of Topliss-reactive ketones (excluding diaryl/α,β-unsaturated/α-hetero) is 1. The molecular weight excluding hydrogens is 600 g/mol. The summed E-state index contributed by atoms with van der Waals surface area (Å²) in [5.74, 6) is -4.33. The van der Waals surface area contributed by atoms with Crippen molar-refractivity contribution in [3.63, 3.8) is 0 Å². The van der Waals surface area contributed by atoms with Crippen molar-refractivity contribution in [1.29, 1.82) is 0 Å². The van der Waals surface area contributed by atoms with E-state index < -0.39 is 66.3 Å². The van der Waals surface area contributed by atoms with Crippen LogP contribution in [0, 0.1) is 11.6 Å². The van der Waals surface area contributed by atoms with Gasteiger partial charge in [0.2, 0.25) is 18.0 Å². The van der Waals surface area contributed by atoms with E-state index in [2.05, 4.69) is 4.98 Å². The third-order valence-electron chi connectivity index (χ3n) is 7.08. The molecule has 0 spiro atoms. The highest BCUT2D eigenvalue weighted by Gasteiger charge is 2.43. The monoisotopic (exact) mass is 627 g/mol. The highest BCUT2D eigenvalue weighted by molar-refractivity contribution is 6.00. The Labute approximate surface area is 254 Å². The number of hydrogen-bond donors (Lipinski definition) is 0. The zero-order chi connectivity index (χ0) is 32.1. The van der Waals surface area contributed by atoms with Crippen LogP contribution >= 0.6 is 0 Å². The Balaban J connectivity index is 1.27. The maximum absolute atomic E-state index is 14.1. The lowest BCUT2D eigenvalue weighted by atomic mass is 10.0. The van der Waals surface area contributed by atoms with Crippen LogP contribution in [0.3, 0.4) is 0 Å². The Morgan fingerprint density at radius 1 is 1.09 bits per heavy atom. The number of aromatic nitrogens is 2. The molecule has 0 saturated carbocycles. The van der Waals surface area contributed by atoms with Gasteiger partial charge in [-0.3, -0.25) is 19.4 Å². The highest BCUT2D eigenvalue weighted by Crippen LogP contribution is 2.30. The Morgan fingerprint density at radius 2 is 1.91 bits per heavy atom. The van der Waals surface area contributed by atoms with E-state index in [0.29, 0.717) is 11.8 Å². The summed E-state index contributed by atoms with van der Waals surface area (Å²) in [6.45, 7) is 0.247. The molecule has 45 heavy (non-hydrogen) atoms. The van der Waals surface area contributed by atoms with Gasteiger partial charge in [0.1, 0.15) is 18.2 Å². The van der Waals surface area contributed by atoms with Crippen molar-refractivity contribution in [2.24, 2.45) is 0 Å². The van der Waals surface area contributed by atoms with Crippen molar-refractivity contribution in [2.75, 3.05) is 20.0 Å². The van der Waals surface area contributed by atoms with Crippen molar-refractivity contribution in [3.8, 4) is 5.75 Å². The second-order valence-corrected chi connectivity index (χ2v) is 10.1. The fourth-order valence-electron chi connectivity index (χ4n) is 4.88. The van der Waals surface area contributed by atoms with Gasteiger partial charge < -0.3 is 33.2 Å². The predicted molar refractivity (Wildman–Crippen MR) is 147 cm³/mol. The molecule has 0 N–H and O–H groups in total. The number of ketones is 1. The van der Waals surface area contributed by atoms with Gasteiger partial charge >= 0.3 is 12.1 Å². The van der Waals surface area contributed by atoms with Crippen LogP contribution in [0.25, 0.3) is 0 Å². The fraction of sp³-hybridized carbons (Fsp3) is 0.333. The number of benzene rings is 1. The van der Waals surface area contributed by atoms with E-state index in [1.165, 1.54) is 27.9 Å². The van der Waals surface area contributed by atoms with E-state index in [1.807, 2.05) is 0 Å². The molecule has 3 aromatic rings. The number of nitrogens with zero attached hydrogens (tertiary/aromatic N) is 3. The molecule has 2 aromatic heterocycles. The number of aryl methyl sites for hydroxylation is 1. The molecule has 2 atom stereocenters. The van der Waals surface area contributed by atoms with E-state index in [-0.39, 0.29) is 55.5 Å². The molecule has 2 aliphatic rings. The third-order valence-corrected chi connectivity index (χ3v) is 7.08. The summed E-state index contributed by atoms with van der Waals surface area (Å²) in [6, 6.07) is 7.67. The molecule has 4 heterocycles. The first kappa shape index (κ1) is 31.3. The quantitative estimate of drug-likeness (QED) is 0.175. The van der Waals surface area contributed by atoms with E-state index >= 15 is 0 Å². The average molecular weight is 628 g/mol. The SMILES string of the molecule is C[C@H]1CO[C@@H]2Cn3cc(C(=O)CCc4ccc(F)cc4F)c(=O)c(OCOC(=O)OCC(=O)OCc4ccccn4)c3C(=O)N12. The molecular formula is C30H27F2N3O10. The molecule has 1 aromatic carbocycles. The standard InChI is InChI=1S/C30H27F2N3O10/c1-17-13-41-24-12-34-11-21(23(36)8-6-18-5-7-19(31)10-22(18)32)27(38)28(26(34)29(39)35(17)24)44-16-45-30(40)43-15-25(37)42-14-20-4-2-3-9-33-20/h2-5,7,9-11,17,24H,6,8,12-16H2,1H3/t17-,24+/m0/s1. The van der Waals surface area contributed by atoms with Gasteiger partial charge in [0.05, 0.1) is 30.5 Å². The first-order chi connectivity index (χ1) is 21.6. The predicted octanol–water partition coefficient (Wildman–Crippen LogP) is 2.77. The van der Waals surface area contributed by atoms with Crippen molar-refractivity contribution in [1.82, 2.24) is 14.5 Å². The number of carbonyl (C=O) groups excluding carboxylic acids is 4. The van der Waals surface area contributed by atoms with Crippen LogP contribution in [0.15, 0.2) is 53.6 Å². The Morgan fingerprint density at radius 3 is 2.67 bits per heavy atom. The molecule has 15 heteroatoms. The smallest absolute Gasteiger partial charge is 0.457 e. The molecule has 13 nitrogen and oxygen atoms in total. The average Bonchev–Trinajstić information content (AvgIpc) is 3.40. The fourth-order valence-corrected chi connectivity index (χ4v) is 4.88. The number of amides is 1. The van der Waals surface area contributed by atoms with Gasteiger partial charge in [0, 0.05) is 24.9 Å². The number of pyridine rings is 2. The third kappa shape index (κ3) is 7.15. The number of rotatable bonds is 11. The first-order valence-corrected chi connectivity index (χ1v) is 13.8. The Kier molecular flexibility index (Phi) is 9.47. The van der Waals surface area contributed by atoms with Crippen LogP contribution in [0.1, 0.15) is 45.4 Å². The summed E-state index contributed by atoms with van der Waals surface area (Å²) in [5, 5.41) is 0. The number of fused-ring (bicyclic) bond motifs is 2. The lowest BCUT2D eigenvalue weighted by molar-refractivity contribution is -0.149. The van der Waals surface area contributed by atoms with E-state index in [0.717, 1.165) is 6.07 Å².